The zero-order chi connectivity index (χ0) is 14.4. The van der Waals surface area contributed by atoms with Crippen molar-refractivity contribution in [3.63, 3.8) is 0 Å². The van der Waals surface area contributed by atoms with Crippen molar-refractivity contribution in [1.82, 2.24) is 0 Å². The van der Waals surface area contributed by atoms with Crippen LogP contribution in [0.3, 0.4) is 0 Å². The van der Waals surface area contributed by atoms with Crippen molar-refractivity contribution >= 4 is 17.3 Å². The van der Waals surface area contributed by atoms with E-state index in [1.807, 2.05) is 32.0 Å². The van der Waals surface area contributed by atoms with E-state index in [0.29, 0.717) is 0 Å². The van der Waals surface area contributed by atoms with Crippen LogP contribution in [0.25, 0.3) is 0 Å². The van der Waals surface area contributed by atoms with Crippen LogP contribution in [-0.4, -0.2) is 31.7 Å². The zero-order valence-corrected chi connectivity index (χ0v) is 12.4. The number of piperidine rings is 1. The van der Waals surface area contributed by atoms with E-state index in [1.165, 1.54) is 24.9 Å². The quantitative estimate of drug-likeness (QED) is 0.839. The van der Waals surface area contributed by atoms with Gasteiger partial charge in [0.1, 0.15) is 6.54 Å². The highest BCUT2D eigenvalue weighted by molar-refractivity contribution is 5.78. The Hall–Kier alpha value is -1.71. The standard InChI is InChI=1S/C16H24N2O2/c1-13(2)20-16(19)12-17-14-8-4-5-9-15(14)18-10-6-3-7-11-18/h4-5,8-9,13,17H,3,6-7,10-12H2,1-2H3. The summed E-state index contributed by atoms with van der Waals surface area (Å²) < 4.78 is 5.14. The molecule has 0 amide bonds. The molecule has 1 aliphatic heterocycles. The van der Waals surface area contributed by atoms with Crippen LogP contribution in [0.2, 0.25) is 0 Å². The fourth-order valence-corrected chi connectivity index (χ4v) is 2.51. The van der Waals surface area contributed by atoms with Crippen LogP contribution in [0.4, 0.5) is 11.4 Å². The van der Waals surface area contributed by atoms with E-state index >= 15 is 0 Å². The van der Waals surface area contributed by atoms with Crippen molar-refractivity contribution in [2.24, 2.45) is 0 Å². The first-order valence-electron chi connectivity index (χ1n) is 7.44. The van der Waals surface area contributed by atoms with Gasteiger partial charge in [-0.05, 0) is 45.2 Å². The molecular formula is C16H24N2O2. The molecular weight excluding hydrogens is 252 g/mol. The molecule has 0 spiro atoms. The maximum absolute atomic E-state index is 11.6. The second kappa shape index (κ2) is 7.17. The largest absolute Gasteiger partial charge is 0.462 e. The summed E-state index contributed by atoms with van der Waals surface area (Å²) in [6.45, 7) is 6.12. The van der Waals surface area contributed by atoms with Crippen LogP contribution in [0, 0.1) is 0 Å². The fourth-order valence-electron chi connectivity index (χ4n) is 2.51. The minimum absolute atomic E-state index is 0.0679. The third-order valence-electron chi connectivity index (χ3n) is 3.39. The predicted molar refractivity (Wildman–Crippen MR) is 82.2 cm³/mol. The van der Waals surface area contributed by atoms with E-state index in [9.17, 15) is 4.79 Å². The molecule has 0 aliphatic carbocycles. The van der Waals surface area contributed by atoms with Crippen LogP contribution in [0.1, 0.15) is 33.1 Å². The summed E-state index contributed by atoms with van der Waals surface area (Å²) >= 11 is 0. The number of esters is 1. The first kappa shape index (κ1) is 14.7. The van der Waals surface area contributed by atoms with Crippen molar-refractivity contribution < 1.29 is 9.53 Å². The molecule has 1 heterocycles. The summed E-state index contributed by atoms with van der Waals surface area (Å²) in [6.07, 6.45) is 3.72. The average Bonchev–Trinajstić information content (AvgIpc) is 2.46. The minimum Gasteiger partial charge on any atom is -0.462 e. The number of anilines is 2. The van der Waals surface area contributed by atoms with Crippen molar-refractivity contribution in [1.29, 1.82) is 0 Å². The van der Waals surface area contributed by atoms with Crippen LogP contribution in [-0.2, 0) is 9.53 Å². The first-order chi connectivity index (χ1) is 9.66. The van der Waals surface area contributed by atoms with Gasteiger partial charge in [0.05, 0.1) is 17.5 Å². The summed E-state index contributed by atoms with van der Waals surface area (Å²) in [5.41, 5.74) is 2.19. The van der Waals surface area contributed by atoms with Crippen molar-refractivity contribution in [2.45, 2.75) is 39.2 Å². The van der Waals surface area contributed by atoms with E-state index in [2.05, 4.69) is 16.3 Å². The second-order valence-electron chi connectivity index (χ2n) is 5.46. The van der Waals surface area contributed by atoms with Gasteiger partial charge in [-0.3, -0.25) is 4.79 Å². The molecule has 0 bridgehead atoms. The molecule has 1 fully saturated rings. The maximum atomic E-state index is 11.6. The van der Waals surface area contributed by atoms with Crippen LogP contribution >= 0.6 is 0 Å². The number of nitrogens with zero attached hydrogens (tertiary/aromatic N) is 1. The molecule has 1 aromatic carbocycles. The number of hydrogen-bond acceptors (Lipinski definition) is 4. The number of nitrogens with one attached hydrogen (secondary N) is 1. The number of hydrogen-bond donors (Lipinski definition) is 1. The molecule has 1 aliphatic rings. The number of para-hydroxylation sites is 2. The van der Waals surface area contributed by atoms with Crippen molar-refractivity contribution in [3.8, 4) is 0 Å². The second-order valence-corrected chi connectivity index (χ2v) is 5.46. The van der Waals surface area contributed by atoms with E-state index in [0.717, 1.165) is 18.8 Å². The Bertz CT molecular complexity index is 440. The first-order valence-corrected chi connectivity index (χ1v) is 7.44. The lowest BCUT2D eigenvalue weighted by Crippen LogP contribution is -2.30. The fraction of sp³-hybridized carbons (Fsp3) is 0.562. The van der Waals surface area contributed by atoms with Gasteiger partial charge in [0, 0.05) is 13.1 Å². The molecule has 0 atom stereocenters. The normalized spacial score (nSPS) is 15.2. The summed E-state index contributed by atoms with van der Waals surface area (Å²) in [5.74, 6) is -0.214. The Morgan fingerprint density at radius 2 is 1.95 bits per heavy atom. The zero-order valence-electron chi connectivity index (χ0n) is 12.4. The van der Waals surface area contributed by atoms with E-state index < -0.39 is 0 Å². The highest BCUT2D eigenvalue weighted by atomic mass is 16.5. The van der Waals surface area contributed by atoms with E-state index in [-0.39, 0.29) is 18.6 Å². The van der Waals surface area contributed by atoms with Gasteiger partial charge in [-0.15, -0.1) is 0 Å². The van der Waals surface area contributed by atoms with Gasteiger partial charge in [0.15, 0.2) is 0 Å². The molecule has 0 aromatic heterocycles. The van der Waals surface area contributed by atoms with E-state index in [4.69, 9.17) is 4.74 Å². The SMILES string of the molecule is CC(C)OC(=O)CNc1ccccc1N1CCCCC1. The molecule has 0 radical (unpaired) electrons. The summed E-state index contributed by atoms with van der Waals surface area (Å²) in [5, 5.41) is 3.20. The number of carbonyl (C=O) groups is 1. The van der Waals surface area contributed by atoms with Gasteiger partial charge < -0.3 is 15.0 Å². The third-order valence-corrected chi connectivity index (χ3v) is 3.39. The Balaban J connectivity index is 1.98. The number of rotatable bonds is 5. The maximum Gasteiger partial charge on any atom is 0.325 e. The van der Waals surface area contributed by atoms with Crippen LogP contribution in [0.5, 0.6) is 0 Å². The average molecular weight is 276 g/mol. The van der Waals surface area contributed by atoms with Crippen molar-refractivity contribution in [3.05, 3.63) is 24.3 Å². The molecule has 1 aromatic rings. The number of carbonyl (C=O) groups excluding carboxylic acids is 1. The van der Waals surface area contributed by atoms with Gasteiger partial charge in [-0.2, -0.15) is 0 Å². The molecule has 2 rings (SSSR count). The lowest BCUT2D eigenvalue weighted by atomic mass is 10.1. The molecule has 110 valence electrons. The van der Waals surface area contributed by atoms with Gasteiger partial charge >= 0.3 is 5.97 Å². The lowest BCUT2D eigenvalue weighted by molar-refractivity contribution is -0.145. The molecule has 4 heteroatoms. The third kappa shape index (κ3) is 4.15. The summed E-state index contributed by atoms with van der Waals surface area (Å²) in [7, 11) is 0. The summed E-state index contributed by atoms with van der Waals surface area (Å²) in [6, 6.07) is 8.17. The van der Waals surface area contributed by atoms with Gasteiger partial charge in [0.2, 0.25) is 0 Å². The topological polar surface area (TPSA) is 41.6 Å². The van der Waals surface area contributed by atoms with Gasteiger partial charge in [0.25, 0.3) is 0 Å². The smallest absolute Gasteiger partial charge is 0.325 e. The number of ether oxygens (including phenoxy) is 1. The highest BCUT2D eigenvalue weighted by Crippen LogP contribution is 2.27. The van der Waals surface area contributed by atoms with Crippen molar-refractivity contribution in [2.75, 3.05) is 29.9 Å². The molecule has 1 N–H and O–H groups in total. The molecule has 1 saturated heterocycles. The molecule has 0 saturated carbocycles. The molecule has 4 nitrogen and oxygen atoms in total. The predicted octanol–water partition coefficient (Wildman–Crippen LogP) is 3.04. The Morgan fingerprint density at radius 1 is 1.25 bits per heavy atom. The minimum atomic E-state index is -0.214. The van der Waals surface area contributed by atoms with Gasteiger partial charge in [-0.1, -0.05) is 12.1 Å². The molecule has 0 unspecified atom stereocenters. The molecule has 20 heavy (non-hydrogen) atoms. The van der Waals surface area contributed by atoms with Crippen LogP contribution < -0.4 is 10.2 Å². The Labute approximate surface area is 121 Å². The monoisotopic (exact) mass is 276 g/mol. The highest BCUT2D eigenvalue weighted by Gasteiger charge is 2.14. The lowest BCUT2D eigenvalue weighted by Gasteiger charge is -2.30. The van der Waals surface area contributed by atoms with Gasteiger partial charge in [-0.25, -0.2) is 0 Å². The van der Waals surface area contributed by atoms with Crippen LogP contribution in [0.15, 0.2) is 24.3 Å². The summed E-state index contributed by atoms with van der Waals surface area (Å²) in [4.78, 5) is 14.0. The Kier molecular flexibility index (Phi) is 5.27. The Morgan fingerprint density at radius 3 is 2.65 bits per heavy atom. The van der Waals surface area contributed by atoms with E-state index in [1.54, 1.807) is 0 Å². The number of benzene rings is 1.